The van der Waals surface area contributed by atoms with Crippen molar-refractivity contribution < 1.29 is 0 Å². The molecule has 1 N–H and O–H groups in total. The van der Waals surface area contributed by atoms with Gasteiger partial charge in [-0.05, 0) is 18.0 Å². The highest BCUT2D eigenvalue weighted by Gasteiger charge is 2.00. The highest BCUT2D eigenvalue weighted by atomic mass is 15.3. The molecular weight excluding hydrogens is 222 g/mol. The maximum Gasteiger partial charge on any atom is 0.0659 e. The van der Waals surface area contributed by atoms with Gasteiger partial charge in [0.2, 0.25) is 0 Å². The van der Waals surface area contributed by atoms with E-state index in [1.807, 2.05) is 16.9 Å². The molecule has 0 saturated carbocycles. The summed E-state index contributed by atoms with van der Waals surface area (Å²) >= 11 is 0. The molecule has 1 heterocycles. The molecule has 1 aromatic carbocycles. The van der Waals surface area contributed by atoms with Crippen LogP contribution < -0.4 is 5.32 Å². The van der Waals surface area contributed by atoms with Gasteiger partial charge in [0.15, 0.2) is 0 Å². The quantitative estimate of drug-likeness (QED) is 0.845. The van der Waals surface area contributed by atoms with E-state index in [0.29, 0.717) is 5.92 Å². The summed E-state index contributed by atoms with van der Waals surface area (Å²) in [6.45, 7) is 7.21. The summed E-state index contributed by atoms with van der Waals surface area (Å²) in [5, 5.41) is 7.81. The summed E-state index contributed by atoms with van der Waals surface area (Å²) in [5.74, 6) is 0.685. The third kappa shape index (κ3) is 4.00. The van der Waals surface area contributed by atoms with E-state index >= 15 is 0 Å². The zero-order chi connectivity index (χ0) is 12.8. The van der Waals surface area contributed by atoms with Gasteiger partial charge >= 0.3 is 0 Å². The van der Waals surface area contributed by atoms with E-state index < -0.39 is 0 Å². The van der Waals surface area contributed by atoms with Crippen molar-refractivity contribution in [2.45, 2.75) is 26.9 Å². The molecule has 0 saturated heterocycles. The van der Waals surface area contributed by atoms with Crippen molar-refractivity contribution in [3.63, 3.8) is 0 Å². The lowest BCUT2D eigenvalue weighted by Gasteiger charge is -2.05. The topological polar surface area (TPSA) is 29.9 Å². The Morgan fingerprint density at radius 3 is 2.67 bits per heavy atom. The maximum absolute atomic E-state index is 4.39. The molecule has 18 heavy (non-hydrogen) atoms. The van der Waals surface area contributed by atoms with Crippen LogP contribution in [0.3, 0.4) is 0 Å². The number of benzene rings is 1. The molecule has 2 rings (SSSR count). The fourth-order valence-corrected chi connectivity index (χ4v) is 1.86. The van der Waals surface area contributed by atoms with Crippen LogP contribution in [0, 0.1) is 5.92 Å². The molecule has 3 heteroatoms. The highest BCUT2D eigenvalue weighted by Crippen LogP contribution is 2.04. The van der Waals surface area contributed by atoms with Crippen molar-refractivity contribution >= 4 is 0 Å². The summed E-state index contributed by atoms with van der Waals surface area (Å²) in [4.78, 5) is 0. The van der Waals surface area contributed by atoms with Crippen LogP contribution in [0.2, 0.25) is 0 Å². The molecule has 0 amide bonds. The van der Waals surface area contributed by atoms with Crippen LogP contribution in [0.1, 0.15) is 25.0 Å². The molecule has 0 aliphatic heterocycles. The van der Waals surface area contributed by atoms with Gasteiger partial charge in [0, 0.05) is 18.3 Å². The number of aromatic nitrogens is 2. The molecule has 0 spiro atoms. The zero-order valence-electron chi connectivity index (χ0n) is 11.1. The van der Waals surface area contributed by atoms with Crippen molar-refractivity contribution in [3.8, 4) is 0 Å². The fourth-order valence-electron chi connectivity index (χ4n) is 1.86. The Hall–Kier alpha value is -1.61. The molecule has 0 bridgehead atoms. The molecular formula is C15H21N3. The highest BCUT2D eigenvalue weighted by molar-refractivity contribution is 5.15. The smallest absolute Gasteiger partial charge is 0.0659 e. The van der Waals surface area contributed by atoms with Crippen LogP contribution in [0.25, 0.3) is 0 Å². The lowest BCUT2D eigenvalue weighted by molar-refractivity contribution is 0.552. The molecule has 0 aliphatic rings. The Kier molecular flexibility index (Phi) is 4.53. The minimum Gasteiger partial charge on any atom is -0.312 e. The summed E-state index contributed by atoms with van der Waals surface area (Å²) in [6.07, 6.45) is 4.05. The lowest BCUT2D eigenvalue weighted by atomic mass is 10.2. The van der Waals surface area contributed by atoms with E-state index in [9.17, 15) is 0 Å². The first kappa shape index (κ1) is 12.8. The summed E-state index contributed by atoms with van der Waals surface area (Å²) in [5.41, 5.74) is 2.52. The van der Waals surface area contributed by atoms with E-state index in [1.54, 1.807) is 0 Å². The normalized spacial score (nSPS) is 11.1. The van der Waals surface area contributed by atoms with Crippen molar-refractivity contribution in [1.29, 1.82) is 0 Å². The third-order valence-electron chi connectivity index (χ3n) is 2.76. The van der Waals surface area contributed by atoms with E-state index in [-0.39, 0.29) is 0 Å². The Morgan fingerprint density at radius 1 is 1.17 bits per heavy atom. The molecule has 1 aromatic heterocycles. The van der Waals surface area contributed by atoms with Gasteiger partial charge in [0.25, 0.3) is 0 Å². The van der Waals surface area contributed by atoms with Crippen LogP contribution in [-0.4, -0.2) is 16.3 Å². The standard InChI is InChI=1S/C15H21N3/c1-13(2)8-16-9-15-10-17-18(12-15)11-14-6-4-3-5-7-14/h3-7,10,12-13,16H,8-9,11H2,1-2H3. The largest absolute Gasteiger partial charge is 0.312 e. The Bertz CT molecular complexity index is 460. The maximum atomic E-state index is 4.39. The molecule has 0 unspecified atom stereocenters. The summed E-state index contributed by atoms with van der Waals surface area (Å²) < 4.78 is 1.99. The Balaban J connectivity index is 1.86. The minimum absolute atomic E-state index is 0.685. The molecule has 0 aliphatic carbocycles. The second-order valence-electron chi connectivity index (χ2n) is 5.06. The van der Waals surface area contributed by atoms with Crippen LogP contribution >= 0.6 is 0 Å². The summed E-state index contributed by atoms with van der Waals surface area (Å²) in [7, 11) is 0. The lowest BCUT2D eigenvalue weighted by Crippen LogP contribution is -2.18. The number of hydrogen-bond donors (Lipinski definition) is 1. The van der Waals surface area contributed by atoms with Gasteiger partial charge in [0.1, 0.15) is 0 Å². The van der Waals surface area contributed by atoms with Gasteiger partial charge in [-0.1, -0.05) is 44.2 Å². The van der Waals surface area contributed by atoms with E-state index in [4.69, 9.17) is 0 Å². The molecule has 96 valence electrons. The van der Waals surface area contributed by atoms with Crippen molar-refractivity contribution in [1.82, 2.24) is 15.1 Å². The fraction of sp³-hybridized carbons (Fsp3) is 0.400. The van der Waals surface area contributed by atoms with Gasteiger partial charge in [-0.3, -0.25) is 4.68 Å². The van der Waals surface area contributed by atoms with Crippen molar-refractivity contribution in [3.05, 3.63) is 53.9 Å². The molecule has 0 radical (unpaired) electrons. The predicted molar refractivity (Wildman–Crippen MR) is 74.3 cm³/mol. The van der Waals surface area contributed by atoms with Crippen molar-refractivity contribution in [2.24, 2.45) is 5.92 Å². The van der Waals surface area contributed by atoms with Gasteiger partial charge in [-0.25, -0.2) is 0 Å². The Morgan fingerprint density at radius 2 is 1.94 bits per heavy atom. The number of nitrogens with one attached hydrogen (secondary N) is 1. The van der Waals surface area contributed by atoms with Gasteiger partial charge < -0.3 is 5.32 Å². The SMILES string of the molecule is CC(C)CNCc1cnn(Cc2ccccc2)c1. The Labute approximate surface area is 109 Å². The second-order valence-corrected chi connectivity index (χ2v) is 5.06. The van der Waals surface area contributed by atoms with Gasteiger partial charge in [0.05, 0.1) is 12.7 Å². The third-order valence-corrected chi connectivity index (χ3v) is 2.76. The van der Waals surface area contributed by atoms with E-state index in [1.165, 1.54) is 11.1 Å². The molecule has 0 fully saturated rings. The number of nitrogens with zero attached hydrogens (tertiary/aromatic N) is 2. The first-order valence-electron chi connectivity index (χ1n) is 6.50. The monoisotopic (exact) mass is 243 g/mol. The minimum atomic E-state index is 0.685. The predicted octanol–water partition coefficient (Wildman–Crippen LogP) is 2.68. The van der Waals surface area contributed by atoms with E-state index in [0.717, 1.165) is 19.6 Å². The molecule has 0 atom stereocenters. The van der Waals surface area contributed by atoms with Gasteiger partial charge in [-0.15, -0.1) is 0 Å². The average Bonchev–Trinajstić information content (AvgIpc) is 2.78. The van der Waals surface area contributed by atoms with Crippen LogP contribution in [0.15, 0.2) is 42.7 Å². The summed E-state index contributed by atoms with van der Waals surface area (Å²) in [6, 6.07) is 10.4. The van der Waals surface area contributed by atoms with E-state index in [2.05, 4.69) is 54.7 Å². The molecule has 3 nitrogen and oxygen atoms in total. The van der Waals surface area contributed by atoms with Crippen molar-refractivity contribution in [2.75, 3.05) is 6.54 Å². The zero-order valence-corrected chi connectivity index (χ0v) is 11.1. The average molecular weight is 243 g/mol. The second kappa shape index (κ2) is 6.36. The van der Waals surface area contributed by atoms with Crippen LogP contribution in [0.4, 0.5) is 0 Å². The van der Waals surface area contributed by atoms with Crippen LogP contribution in [-0.2, 0) is 13.1 Å². The number of rotatable bonds is 6. The first-order chi connectivity index (χ1) is 8.74. The molecule has 2 aromatic rings. The van der Waals surface area contributed by atoms with Crippen LogP contribution in [0.5, 0.6) is 0 Å². The first-order valence-corrected chi connectivity index (χ1v) is 6.50. The number of hydrogen-bond acceptors (Lipinski definition) is 2. The van der Waals surface area contributed by atoms with Gasteiger partial charge in [-0.2, -0.15) is 5.10 Å².